The van der Waals surface area contributed by atoms with Crippen LogP contribution >= 0.6 is 23.2 Å². The number of amides is 1. The lowest BCUT2D eigenvalue weighted by Gasteiger charge is -2.13. The number of halogens is 2. The Hall–Kier alpha value is -0.770. The summed E-state index contributed by atoms with van der Waals surface area (Å²) in [7, 11) is 0. The maximum atomic E-state index is 11.3. The summed E-state index contributed by atoms with van der Waals surface area (Å²) < 4.78 is 5.39. The molecule has 2 rings (SSSR count). The second-order valence-corrected chi connectivity index (χ2v) is 4.12. The molecule has 1 aliphatic heterocycles. The monoisotopic (exact) mass is 245 g/mol. The predicted molar refractivity (Wildman–Crippen MR) is 57.9 cm³/mol. The van der Waals surface area contributed by atoms with Crippen molar-refractivity contribution in [2.75, 3.05) is 0 Å². The highest BCUT2D eigenvalue weighted by Crippen LogP contribution is 2.33. The van der Waals surface area contributed by atoms with Crippen LogP contribution in [0.25, 0.3) is 0 Å². The van der Waals surface area contributed by atoms with Gasteiger partial charge in [0.25, 0.3) is 5.91 Å². The summed E-state index contributed by atoms with van der Waals surface area (Å²) in [4.78, 5) is 11.3. The molecule has 2 atom stereocenters. The number of carbonyl (C=O) groups is 1. The van der Waals surface area contributed by atoms with E-state index in [0.717, 1.165) is 0 Å². The molecule has 0 spiro atoms. The Kier molecular flexibility index (Phi) is 2.87. The zero-order chi connectivity index (χ0) is 11.0. The zero-order valence-electron chi connectivity index (χ0n) is 7.96. The molecule has 1 aliphatic rings. The highest BCUT2D eigenvalue weighted by molar-refractivity contribution is 6.36. The highest BCUT2D eigenvalue weighted by Gasteiger charge is 2.32. The molecule has 0 unspecified atom stereocenters. The average molecular weight is 246 g/mol. The fourth-order valence-corrected chi connectivity index (χ4v) is 2.04. The lowest BCUT2D eigenvalue weighted by atomic mass is 10.2. The number of nitrogens with one attached hydrogen (secondary N) is 1. The van der Waals surface area contributed by atoms with Crippen LogP contribution in [-0.2, 0) is 9.53 Å². The Morgan fingerprint density at radius 1 is 1.33 bits per heavy atom. The second-order valence-electron chi connectivity index (χ2n) is 3.30. The quantitative estimate of drug-likeness (QED) is 0.826. The number of rotatable bonds is 1. The molecule has 1 saturated heterocycles. The Morgan fingerprint density at radius 3 is 2.40 bits per heavy atom. The van der Waals surface area contributed by atoms with Crippen molar-refractivity contribution in [3.05, 3.63) is 33.8 Å². The van der Waals surface area contributed by atoms with Crippen LogP contribution in [0, 0.1) is 0 Å². The van der Waals surface area contributed by atoms with E-state index in [0.29, 0.717) is 15.6 Å². The van der Waals surface area contributed by atoms with Crippen LogP contribution < -0.4 is 5.32 Å². The van der Waals surface area contributed by atoms with Gasteiger partial charge in [0, 0.05) is 15.6 Å². The Morgan fingerprint density at radius 2 is 1.93 bits per heavy atom. The van der Waals surface area contributed by atoms with Gasteiger partial charge in [0.2, 0.25) is 0 Å². The lowest BCUT2D eigenvalue weighted by Crippen LogP contribution is -2.22. The number of hydrogen-bond donors (Lipinski definition) is 1. The van der Waals surface area contributed by atoms with Gasteiger partial charge in [0.1, 0.15) is 6.10 Å². The van der Waals surface area contributed by atoms with Gasteiger partial charge in [-0.25, -0.2) is 0 Å². The average Bonchev–Trinajstić information content (AvgIpc) is 2.46. The molecule has 1 N–H and O–H groups in total. The molecule has 1 fully saturated rings. The molecule has 0 aromatic heterocycles. The first-order valence-corrected chi connectivity index (χ1v) is 5.25. The van der Waals surface area contributed by atoms with Crippen molar-refractivity contribution in [1.82, 2.24) is 5.32 Å². The minimum atomic E-state index is -0.548. The van der Waals surface area contributed by atoms with Gasteiger partial charge in [-0.3, -0.25) is 4.79 Å². The Balaban J connectivity index is 2.35. The molecule has 15 heavy (non-hydrogen) atoms. The van der Waals surface area contributed by atoms with E-state index in [1.807, 2.05) is 0 Å². The van der Waals surface area contributed by atoms with Crippen LogP contribution in [0.1, 0.15) is 18.7 Å². The molecular weight excluding hydrogens is 237 g/mol. The van der Waals surface area contributed by atoms with E-state index in [1.165, 1.54) is 0 Å². The van der Waals surface area contributed by atoms with E-state index < -0.39 is 12.3 Å². The third-order valence-electron chi connectivity index (χ3n) is 2.24. The fourth-order valence-electron chi connectivity index (χ4n) is 1.45. The van der Waals surface area contributed by atoms with Crippen molar-refractivity contribution < 1.29 is 9.53 Å². The predicted octanol–water partition coefficient (Wildman–Crippen LogP) is 2.53. The molecule has 0 radical (unpaired) electrons. The summed E-state index contributed by atoms with van der Waals surface area (Å²) in [5.41, 5.74) is 0.610. The van der Waals surface area contributed by atoms with Crippen LogP contribution in [0.5, 0.6) is 0 Å². The van der Waals surface area contributed by atoms with E-state index in [-0.39, 0.29) is 5.91 Å². The smallest absolute Gasteiger partial charge is 0.251 e. The largest absolute Gasteiger partial charge is 0.341 e. The zero-order valence-corrected chi connectivity index (χ0v) is 9.47. The number of benzene rings is 1. The molecule has 1 heterocycles. The second kappa shape index (κ2) is 4.00. The summed E-state index contributed by atoms with van der Waals surface area (Å²) in [5, 5.41) is 3.65. The summed E-state index contributed by atoms with van der Waals surface area (Å²) in [6, 6.07) is 5.16. The molecule has 1 amide bonds. The molecule has 1 aromatic carbocycles. The molecular formula is C10H9Cl2NO2. The summed E-state index contributed by atoms with van der Waals surface area (Å²) in [6.45, 7) is 1.68. The molecule has 80 valence electrons. The van der Waals surface area contributed by atoms with Crippen LogP contribution in [0.4, 0.5) is 0 Å². The SMILES string of the molecule is C[C@@H]1O[C@@H](c2c(Cl)cccc2Cl)NC1=O. The molecule has 0 aliphatic carbocycles. The molecule has 5 heteroatoms. The van der Waals surface area contributed by atoms with Crippen LogP contribution in [-0.4, -0.2) is 12.0 Å². The third-order valence-corrected chi connectivity index (χ3v) is 2.90. The first-order chi connectivity index (χ1) is 7.09. The van der Waals surface area contributed by atoms with Crippen LogP contribution in [0.3, 0.4) is 0 Å². The van der Waals surface area contributed by atoms with E-state index in [4.69, 9.17) is 27.9 Å². The van der Waals surface area contributed by atoms with Crippen LogP contribution in [0.15, 0.2) is 18.2 Å². The first kappa shape index (κ1) is 10.7. The van der Waals surface area contributed by atoms with E-state index >= 15 is 0 Å². The standard InChI is InChI=1S/C10H9Cl2NO2/c1-5-9(14)13-10(15-5)8-6(11)3-2-4-7(8)12/h2-5,10H,1H3,(H,13,14)/t5-,10-/m0/s1. The summed E-state index contributed by atoms with van der Waals surface area (Å²) in [5.74, 6) is -0.156. The topological polar surface area (TPSA) is 38.3 Å². The molecule has 0 bridgehead atoms. The van der Waals surface area contributed by atoms with Crippen molar-refractivity contribution in [3.63, 3.8) is 0 Å². The van der Waals surface area contributed by atoms with Gasteiger partial charge < -0.3 is 10.1 Å². The van der Waals surface area contributed by atoms with Gasteiger partial charge in [-0.1, -0.05) is 29.3 Å². The van der Waals surface area contributed by atoms with Gasteiger partial charge in [-0.2, -0.15) is 0 Å². The van der Waals surface area contributed by atoms with Gasteiger partial charge >= 0.3 is 0 Å². The van der Waals surface area contributed by atoms with E-state index in [1.54, 1.807) is 25.1 Å². The highest BCUT2D eigenvalue weighted by atomic mass is 35.5. The van der Waals surface area contributed by atoms with Gasteiger partial charge in [-0.05, 0) is 19.1 Å². The number of hydrogen-bond acceptors (Lipinski definition) is 2. The van der Waals surface area contributed by atoms with E-state index in [2.05, 4.69) is 5.32 Å². The maximum Gasteiger partial charge on any atom is 0.251 e. The van der Waals surface area contributed by atoms with Gasteiger partial charge in [-0.15, -0.1) is 0 Å². The van der Waals surface area contributed by atoms with Crippen molar-refractivity contribution >= 4 is 29.1 Å². The first-order valence-electron chi connectivity index (χ1n) is 4.49. The normalized spacial score (nSPS) is 25.4. The summed E-state index contributed by atoms with van der Waals surface area (Å²) in [6.07, 6.45) is -1.02. The van der Waals surface area contributed by atoms with Crippen molar-refractivity contribution in [2.24, 2.45) is 0 Å². The lowest BCUT2D eigenvalue weighted by molar-refractivity contribution is -0.122. The van der Waals surface area contributed by atoms with E-state index in [9.17, 15) is 4.79 Å². The van der Waals surface area contributed by atoms with Crippen molar-refractivity contribution in [2.45, 2.75) is 19.3 Å². The summed E-state index contributed by atoms with van der Waals surface area (Å²) >= 11 is 12.0. The third kappa shape index (κ3) is 1.95. The minimum absolute atomic E-state index is 0.156. The molecule has 1 aromatic rings. The van der Waals surface area contributed by atoms with Gasteiger partial charge in [0.15, 0.2) is 6.23 Å². The Bertz CT molecular complexity index is 388. The van der Waals surface area contributed by atoms with Crippen molar-refractivity contribution in [1.29, 1.82) is 0 Å². The maximum absolute atomic E-state index is 11.3. The number of ether oxygens (including phenoxy) is 1. The van der Waals surface area contributed by atoms with Gasteiger partial charge in [0.05, 0.1) is 0 Å². The Labute approximate surface area is 97.3 Å². The minimum Gasteiger partial charge on any atom is -0.341 e. The van der Waals surface area contributed by atoms with Crippen LogP contribution in [0.2, 0.25) is 10.0 Å². The number of carbonyl (C=O) groups excluding carboxylic acids is 1. The molecule has 0 saturated carbocycles. The molecule has 3 nitrogen and oxygen atoms in total. The van der Waals surface area contributed by atoms with Crippen molar-refractivity contribution in [3.8, 4) is 0 Å². The fraction of sp³-hybridized carbons (Fsp3) is 0.300.